The van der Waals surface area contributed by atoms with E-state index in [4.69, 9.17) is 8.85 Å². The van der Waals surface area contributed by atoms with E-state index < -0.39 is 16.6 Å². The van der Waals surface area contributed by atoms with Crippen LogP contribution in [0.2, 0.25) is 34.8 Å². The van der Waals surface area contributed by atoms with Crippen LogP contribution in [0.15, 0.2) is 0 Å². The Morgan fingerprint density at radius 3 is 1.56 bits per heavy atom. The lowest BCUT2D eigenvalue weighted by molar-refractivity contribution is -0.114. The second kappa shape index (κ2) is 10.2. The summed E-state index contributed by atoms with van der Waals surface area (Å²) in [4.78, 5) is 11.6. The number of hydrogen-bond donors (Lipinski definition) is 0. The lowest BCUT2D eigenvalue weighted by atomic mass is 9.95. The average molecular weight is 417 g/mol. The van der Waals surface area contributed by atoms with E-state index in [0.717, 1.165) is 6.29 Å². The summed E-state index contributed by atoms with van der Waals surface area (Å²) in [5.74, 6) is 0.0772. The zero-order valence-corrected chi connectivity index (χ0v) is 22.5. The first-order valence-corrected chi connectivity index (χ1v) is 15.9. The second-order valence-electron chi connectivity index (χ2n) is 10.9. The highest BCUT2D eigenvalue weighted by Gasteiger charge is 2.46. The number of hydrogen-bond acceptors (Lipinski definition) is 3. The number of aldehydes is 1. The molecule has 0 amide bonds. The van der Waals surface area contributed by atoms with Gasteiger partial charge in [0.05, 0.1) is 6.10 Å². The summed E-state index contributed by atoms with van der Waals surface area (Å²) in [5, 5.41) is 0.126. The molecule has 3 atom stereocenters. The highest BCUT2D eigenvalue weighted by atomic mass is 28.4. The molecule has 0 unspecified atom stereocenters. The van der Waals surface area contributed by atoms with Crippen molar-refractivity contribution in [1.82, 2.24) is 0 Å². The summed E-state index contributed by atoms with van der Waals surface area (Å²) in [6, 6.07) is 0. The van der Waals surface area contributed by atoms with Crippen molar-refractivity contribution in [2.24, 2.45) is 11.8 Å². The van der Waals surface area contributed by atoms with Crippen LogP contribution < -0.4 is 0 Å². The van der Waals surface area contributed by atoms with Crippen molar-refractivity contribution < 1.29 is 13.6 Å². The molecule has 0 spiro atoms. The molecular formula is C22H48O3Si2. The maximum absolute atomic E-state index is 11.6. The minimum Gasteiger partial charge on any atom is -0.416 e. The molecule has 0 aromatic heterocycles. The monoisotopic (exact) mass is 416 g/mol. The second-order valence-corrected chi connectivity index (χ2v) is 21.2. The van der Waals surface area contributed by atoms with Gasteiger partial charge in [-0.2, -0.15) is 0 Å². The quantitative estimate of drug-likeness (QED) is 0.267. The topological polar surface area (TPSA) is 35.5 Å². The molecule has 0 heterocycles. The molecule has 0 bridgehead atoms. The van der Waals surface area contributed by atoms with Crippen LogP contribution in [0.3, 0.4) is 0 Å². The van der Waals surface area contributed by atoms with Gasteiger partial charge in [0.15, 0.2) is 16.6 Å². The van der Waals surface area contributed by atoms with Crippen molar-refractivity contribution in [1.29, 1.82) is 0 Å². The molecule has 27 heavy (non-hydrogen) atoms. The number of carbonyl (C=O) groups excluding carboxylic acids is 1. The molecule has 0 radical (unpaired) electrons. The van der Waals surface area contributed by atoms with Gasteiger partial charge < -0.3 is 13.6 Å². The minimum absolute atomic E-state index is 0.0819. The van der Waals surface area contributed by atoms with E-state index in [1.807, 2.05) is 6.92 Å². The molecule has 5 heteroatoms. The highest BCUT2D eigenvalue weighted by Crippen LogP contribution is 2.43. The van der Waals surface area contributed by atoms with E-state index in [1.54, 1.807) is 0 Å². The lowest BCUT2D eigenvalue weighted by Crippen LogP contribution is -2.51. The van der Waals surface area contributed by atoms with E-state index >= 15 is 0 Å². The van der Waals surface area contributed by atoms with E-state index in [-0.39, 0.29) is 23.0 Å². The van der Waals surface area contributed by atoms with Gasteiger partial charge in [0.25, 0.3) is 0 Å². The molecule has 0 N–H and O–H groups in total. The maximum atomic E-state index is 11.6. The van der Waals surface area contributed by atoms with Crippen LogP contribution in [0.5, 0.6) is 0 Å². The van der Waals surface area contributed by atoms with Gasteiger partial charge in [-0.05, 0) is 34.8 Å². The molecule has 0 aliphatic heterocycles. The van der Waals surface area contributed by atoms with Crippen molar-refractivity contribution in [2.75, 3.05) is 6.61 Å². The Balaban J connectivity index is 5.54. The van der Waals surface area contributed by atoms with Crippen LogP contribution in [0.1, 0.15) is 76.2 Å². The first kappa shape index (κ1) is 27.0. The summed E-state index contributed by atoms with van der Waals surface area (Å²) in [6.45, 7) is 30.0. The first-order chi connectivity index (χ1) is 12.0. The average Bonchev–Trinajstić information content (AvgIpc) is 2.50. The van der Waals surface area contributed by atoms with Crippen LogP contribution in [-0.2, 0) is 13.6 Å². The third-order valence-electron chi connectivity index (χ3n) is 6.83. The zero-order chi connectivity index (χ0) is 21.8. The largest absolute Gasteiger partial charge is 0.416 e. The van der Waals surface area contributed by atoms with Crippen LogP contribution in [-0.4, -0.2) is 35.6 Å². The van der Waals surface area contributed by atoms with Crippen LogP contribution in [0.4, 0.5) is 0 Å². The van der Waals surface area contributed by atoms with Gasteiger partial charge in [0, 0.05) is 18.4 Å². The lowest BCUT2D eigenvalue weighted by Gasteiger charge is -2.45. The Morgan fingerprint density at radius 2 is 1.26 bits per heavy atom. The maximum Gasteiger partial charge on any atom is 0.200 e. The molecule has 0 aliphatic rings. The Labute approximate surface area is 172 Å². The number of rotatable bonds is 11. The van der Waals surface area contributed by atoms with E-state index in [2.05, 4.69) is 82.3 Å². The highest BCUT2D eigenvalue weighted by molar-refractivity contribution is 6.77. The molecular weight excluding hydrogens is 368 g/mol. The standard InChI is InChI=1S/C22H48O3Si2/c1-16(2)27(17(3)4,18(5)6)24-15-20(8)21(19(7)14-23)25-26(12,13)22(9,10)11/h14,16-21H,15H2,1-13H3/t19-,20-,21-/m1/s1. The number of carbonyl (C=O) groups is 1. The summed E-state index contributed by atoms with van der Waals surface area (Å²) < 4.78 is 13.5. The van der Waals surface area contributed by atoms with E-state index in [9.17, 15) is 4.79 Å². The zero-order valence-electron chi connectivity index (χ0n) is 20.5. The molecule has 3 nitrogen and oxygen atoms in total. The van der Waals surface area contributed by atoms with Gasteiger partial charge in [-0.25, -0.2) is 0 Å². The Bertz CT molecular complexity index is 431. The summed E-state index contributed by atoms with van der Waals surface area (Å²) in [6.07, 6.45) is 0.966. The molecule has 0 saturated heterocycles. The van der Waals surface area contributed by atoms with Gasteiger partial charge >= 0.3 is 0 Å². The fraction of sp³-hybridized carbons (Fsp3) is 0.955. The molecule has 0 aromatic rings. The van der Waals surface area contributed by atoms with Crippen molar-refractivity contribution in [3.8, 4) is 0 Å². The molecule has 0 aliphatic carbocycles. The SMILES string of the molecule is CC(C)[Si](OC[C@@H](C)[C@H](O[Si](C)(C)C(C)(C)C)[C@H](C)C=O)(C(C)C)C(C)C. The molecule has 0 fully saturated rings. The normalized spacial score (nSPS) is 17.5. The Morgan fingerprint density at radius 1 is 0.852 bits per heavy atom. The Kier molecular flexibility index (Phi) is 10.2. The van der Waals surface area contributed by atoms with Crippen molar-refractivity contribution in [2.45, 2.75) is 117 Å². The van der Waals surface area contributed by atoms with Crippen molar-refractivity contribution >= 4 is 22.9 Å². The van der Waals surface area contributed by atoms with Gasteiger partial charge in [-0.1, -0.05) is 76.2 Å². The predicted molar refractivity (Wildman–Crippen MR) is 123 cm³/mol. The van der Waals surface area contributed by atoms with Crippen molar-refractivity contribution in [3.05, 3.63) is 0 Å². The smallest absolute Gasteiger partial charge is 0.200 e. The fourth-order valence-electron chi connectivity index (χ4n) is 4.21. The third-order valence-corrected chi connectivity index (χ3v) is 17.4. The van der Waals surface area contributed by atoms with Crippen molar-refractivity contribution in [3.63, 3.8) is 0 Å². The van der Waals surface area contributed by atoms with Crippen LogP contribution in [0, 0.1) is 11.8 Å². The molecule has 0 rings (SSSR count). The molecule has 162 valence electrons. The van der Waals surface area contributed by atoms with E-state index in [0.29, 0.717) is 23.2 Å². The fourth-order valence-corrected chi connectivity index (χ4v) is 11.2. The van der Waals surface area contributed by atoms with E-state index in [1.165, 1.54) is 0 Å². The molecule has 0 aromatic carbocycles. The molecule has 0 saturated carbocycles. The van der Waals surface area contributed by atoms with Gasteiger partial charge in [0.2, 0.25) is 0 Å². The summed E-state index contributed by atoms with van der Waals surface area (Å²) >= 11 is 0. The minimum atomic E-state index is -1.95. The van der Waals surface area contributed by atoms with Crippen LogP contribution in [0.25, 0.3) is 0 Å². The predicted octanol–water partition coefficient (Wildman–Crippen LogP) is 7.04. The summed E-state index contributed by atoms with van der Waals surface area (Å²) in [5.41, 5.74) is 1.69. The Hall–Kier alpha value is 0.0238. The van der Waals surface area contributed by atoms with Gasteiger partial charge in [0.1, 0.15) is 6.29 Å². The van der Waals surface area contributed by atoms with Gasteiger partial charge in [-0.15, -0.1) is 0 Å². The van der Waals surface area contributed by atoms with Gasteiger partial charge in [-0.3, -0.25) is 0 Å². The first-order valence-electron chi connectivity index (χ1n) is 10.8. The van der Waals surface area contributed by atoms with Crippen LogP contribution >= 0.6 is 0 Å². The third kappa shape index (κ3) is 6.51. The summed E-state index contributed by atoms with van der Waals surface area (Å²) in [7, 11) is -3.86.